The van der Waals surface area contributed by atoms with Crippen LogP contribution in [-0.4, -0.2) is 18.1 Å². The Morgan fingerprint density at radius 2 is 2.28 bits per heavy atom. The maximum absolute atomic E-state index is 11.5. The Morgan fingerprint density at radius 3 is 3.00 bits per heavy atom. The molecule has 0 aliphatic carbocycles. The van der Waals surface area contributed by atoms with Gasteiger partial charge in [0.15, 0.2) is 6.10 Å². The van der Waals surface area contributed by atoms with E-state index in [2.05, 4.69) is 5.32 Å². The molecule has 0 saturated heterocycles. The Labute approximate surface area is 108 Å². The molecule has 4 nitrogen and oxygen atoms in total. The number of anilines is 1. The van der Waals surface area contributed by atoms with Gasteiger partial charge >= 0.3 is 0 Å². The molecule has 1 aliphatic rings. The minimum atomic E-state index is -0.415. The predicted octanol–water partition coefficient (Wildman–Crippen LogP) is 2.08. The van der Waals surface area contributed by atoms with E-state index >= 15 is 0 Å². The molecule has 4 heteroatoms. The third kappa shape index (κ3) is 3.01. The number of aryl methyl sites for hydroxylation is 1. The summed E-state index contributed by atoms with van der Waals surface area (Å²) in [4.78, 5) is 11.5. The van der Waals surface area contributed by atoms with Gasteiger partial charge in [-0.1, -0.05) is 6.07 Å². The number of ether oxygens (including phenoxy) is 1. The maximum atomic E-state index is 11.5. The van der Waals surface area contributed by atoms with Crippen LogP contribution in [0, 0.1) is 0 Å². The topological polar surface area (TPSA) is 64.3 Å². The van der Waals surface area contributed by atoms with Gasteiger partial charge in [-0.15, -0.1) is 0 Å². The molecule has 1 aromatic rings. The largest absolute Gasteiger partial charge is 0.479 e. The summed E-state index contributed by atoms with van der Waals surface area (Å²) in [6.45, 7) is 3.76. The molecule has 0 bridgehead atoms. The average molecular weight is 248 g/mol. The first-order valence-corrected chi connectivity index (χ1v) is 6.42. The Balaban J connectivity index is 2.03. The van der Waals surface area contributed by atoms with Crippen molar-refractivity contribution in [2.45, 2.75) is 45.3 Å². The van der Waals surface area contributed by atoms with Crippen LogP contribution in [0.2, 0.25) is 0 Å². The Kier molecular flexibility index (Phi) is 3.87. The van der Waals surface area contributed by atoms with Crippen LogP contribution in [0.5, 0.6) is 5.75 Å². The highest BCUT2D eigenvalue weighted by molar-refractivity contribution is 5.97. The van der Waals surface area contributed by atoms with Crippen LogP contribution in [0.1, 0.15) is 32.3 Å². The Morgan fingerprint density at radius 1 is 1.50 bits per heavy atom. The van der Waals surface area contributed by atoms with Gasteiger partial charge < -0.3 is 15.8 Å². The Bertz CT molecular complexity index is 443. The first-order chi connectivity index (χ1) is 8.56. The lowest BCUT2D eigenvalue weighted by molar-refractivity contribution is -0.122. The molecule has 18 heavy (non-hydrogen) atoms. The molecule has 1 aliphatic heterocycles. The summed E-state index contributed by atoms with van der Waals surface area (Å²) in [6.07, 6.45) is 2.63. The second-order valence-electron chi connectivity index (χ2n) is 4.95. The van der Waals surface area contributed by atoms with Gasteiger partial charge in [0, 0.05) is 6.04 Å². The molecule has 0 spiro atoms. The molecule has 0 radical (unpaired) electrons. The summed E-state index contributed by atoms with van der Waals surface area (Å²) in [7, 11) is 0. The molecule has 1 heterocycles. The second-order valence-corrected chi connectivity index (χ2v) is 4.95. The van der Waals surface area contributed by atoms with E-state index in [1.165, 1.54) is 5.56 Å². The first kappa shape index (κ1) is 12.9. The van der Waals surface area contributed by atoms with Gasteiger partial charge in [0.05, 0.1) is 5.69 Å². The first-order valence-electron chi connectivity index (χ1n) is 6.42. The van der Waals surface area contributed by atoms with E-state index in [4.69, 9.17) is 10.5 Å². The summed E-state index contributed by atoms with van der Waals surface area (Å²) in [6, 6.07) is 6.20. The molecular formula is C14H20N2O2. The number of hydrogen-bond donors (Lipinski definition) is 2. The van der Waals surface area contributed by atoms with Crippen molar-refractivity contribution in [3.63, 3.8) is 0 Å². The van der Waals surface area contributed by atoms with Gasteiger partial charge in [-0.05, 0) is 50.8 Å². The highest BCUT2D eigenvalue weighted by Crippen LogP contribution is 2.30. The van der Waals surface area contributed by atoms with E-state index in [1.807, 2.05) is 25.1 Å². The number of rotatable bonds is 4. The van der Waals surface area contributed by atoms with Crippen molar-refractivity contribution in [1.29, 1.82) is 0 Å². The number of nitrogens with two attached hydrogens (primary N) is 1. The van der Waals surface area contributed by atoms with Crippen LogP contribution in [0.25, 0.3) is 0 Å². The van der Waals surface area contributed by atoms with Crippen molar-refractivity contribution in [2.24, 2.45) is 5.73 Å². The fourth-order valence-corrected chi connectivity index (χ4v) is 2.04. The summed E-state index contributed by atoms with van der Waals surface area (Å²) in [5.41, 5.74) is 7.70. The number of amides is 1. The lowest BCUT2D eigenvalue weighted by atomic mass is 10.0. The molecule has 1 aromatic carbocycles. The fourth-order valence-electron chi connectivity index (χ4n) is 2.04. The molecule has 2 atom stereocenters. The van der Waals surface area contributed by atoms with Crippen LogP contribution in [0.4, 0.5) is 5.69 Å². The summed E-state index contributed by atoms with van der Waals surface area (Å²) >= 11 is 0. The van der Waals surface area contributed by atoms with Gasteiger partial charge in [0.1, 0.15) is 5.75 Å². The van der Waals surface area contributed by atoms with Crippen molar-refractivity contribution in [1.82, 2.24) is 0 Å². The predicted molar refractivity (Wildman–Crippen MR) is 71.7 cm³/mol. The molecule has 3 N–H and O–H groups in total. The van der Waals surface area contributed by atoms with Gasteiger partial charge in [0.2, 0.25) is 0 Å². The minimum absolute atomic E-state index is 0.0877. The van der Waals surface area contributed by atoms with E-state index in [0.717, 1.165) is 30.7 Å². The normalized spacial score (nSPS) is 19.7. The van der Waals surface area contributed by atoms with Crippen LogP contribution < -0.4 is 15.8 Å². The smallest absolute Gasteiger partial charge is 0.265 e. The summed E-state index contributed by atoms with van der Waals surface area (Å²) < 4.78 is 5.51. The number of hydrogen-bond acceptors (Lipinski definition) is 3. The van der Waals surface area contributed by atoms with E-state index in [0.29, 0.717) is 0 Å². The standard InChI is InChI=1S/C14H20N2O2/c1-9(15)4-3-5-11-6-7-13-12(8-11)16-14(17)10(2)18-13/h6-10H,3-5,15H2,1-2H3,(H,16,17). The molecule has 0 aromatic heterocycles. The molecular weight excluding hydrogens is 228 g/mol. The van der Waals surface area contributed by atoms with Gasteiger partial charge in [-0.3, -0.25) is 4.79 Å². The zero-order valence-corrected chi connectivity index (χ0v) is 10.9. The molecule has 2 rings (SSSR count). The number of nitrogens with one attached hydrogen (secondary N) is 1. The fraction of sp³-hybridized carbons (Fsp3) is 0.500. The lowest BCUT2D eigenvalue weighted by Gasteiger charge is -2.23. The SMILES string of the molecule is CC(N)CCCc1ccc2c(c1)NC(=O)C(C)O2. The van der Waals surface area contributed by atoms with Crippen molar-refractivity contribution in [3.05, 3.63) is 23.8 Å². The van der Waals surface area contributed by atoms with E-state index < -0.39 is 6.10 Å². The third-order valence-corrected chi connectivity index (χ3v) is 3.10. The maximum Gasteiger partial charge on any atom is 0.265 e. The van der Waals surface area contributed by atoms with Gasteiger partial charge in [-0.25, -0.2) is 0 Å². The van der Waals surface area contributed by atoms with Crippen LogP contribution in [0.15, 0.2) is 18.2 Å². The van der Waals surface area contributed by atoms with E-state index in [9.17, 15) is 4.79 Å². The van der Waals surface area contributed by atoms with Crippen molar-refractivity contribution < 1.29 is 9.53 Å². The third-order valence-electron chi connectivity index (χ3n) is 3.10. The summed E-state index contributed by atoms with van der Waals surface area (Å²) in [5, 5.41) is 2.86. The molecule has 2 unspecified atom stereocenters. The van der Waals surface area contributed by atoms with Crippen molar-refractivity contribution >= 4 is 11.6 Å². The summed E-state index contributed by atoms with van der Waals surface area (Å²) in [5.74, 6) is 0.660. The van der Waals surface area contributed by atoms with Crippen LogP contribution in [0.3, 0.4) is 0 Å². The van der Waals surface area contributed by atoms with Crippen molar-refractivity contribution in [2.75, 3.05) is 5.32 Å². The number of carbonyl (C=O) groups is 1. The van der Waals surface area contributed by atoms with Crippen LogP contribution in [-0.2, 0) is 11.2 Å². The quantitative estimate of drug-likeness (QED) is 0.857. The zero-order valence-electron chi connectivity index (χ0n) is 10.9. The highest BCUT2D eigenvalue weighted by Gasteiger charge is 2.23. The van der Waals surface area contributed by atoms with Gasteiger partial charge in [-0.2, -0.15) is 0 Å². The van der Waals surface area contributed by atoms with E-state index in [1.54, 1.807) is 6.92 Å². The minimum Gasteiger partial charge on any atom is -0.479 e. The van der Waals surface area contributed by atoms with Crippen LogP contribution >= 0.6 is 0 Å². The number of carbonyl (C=O) groups excluding carboxylic acids is 1. The number of fused-ring (bicyclic) bond motifs is 1. The second kappa shape index (κ2) is 5.40. The lowest BCUT2D eigenvalue weighted by Crippen LogP contribution is -2.34. The Hall–Kier alpha value is -1.55. The van der Waals surface area contributed by atoms with E-state index in [-0.39, 0.29) is 11.9 Å². The highest BCUT2D eigenvalue weighted by atomic mass is 16.5. The molecule has 0 fully saturated rings. The number of benzene rings is 1. The van der Waals surface area contributed by atoms with Crippen molar-refractivity contribution in [3.8, 4) is 5.75 Å². The molecule has 98 valence electrons. The molecule has 1 amide bonds. The zero-order chi connectivity index (χ0) is 13.1. The van der Waals surface area contributed by atoms with Gasteiger partial charge in [0.25, 0.3) is 5.91 Å². The monoisotopic (exact) mass is 248 g/mol. The average Bonchev–Trinajstić information content (AvgIpc) is 2.30. The molecule has 0 saturated carbocycles.